The Balaban J connectivity index is 1.12. The maximum absolute atomic E-state index is 16.4. The number of alkyl carbamates (subject to hydrolysis) is 2. The summed E-state index contributed by atoms with van der Waals surface area (Å²) in [7, 11) is 2.51. The quantitative estimate of drug-likeness (QED) is 0.101. The Labute approximate surface area is 389 Å². The van der Waals surface area contributed by atoms with Crippen molar-refractivity contribution in [3.63, 3.8) is 0 Å². The first-order valence-electron chi connectivity index (χ1n) is 23.4. The van der Waals surface area contributed by atoms with Gasteiger partial charge >= 0.3 is 12.2 Å². The highest BCUT2D eigenvalue weighted by Gasteiger charge is 2.41. The molecule has 0 radical (unpaired) electrons. The van der Waals surface area contributed by atoms with Gasteiger partial charge in [0.2, 0.25) is 11.8 Å². The van der Waals surface area contributed by atoms with E-state index in [9.17, 15) is 19.2 Å². The van der Waals surface area contributed by atoms with Crippen LogP contribution in [0.15, 0.2) is 48.5 Å². The van der Waals surface area contributed by atoms with Gasteiger partial charge in [0.25, 0.3) is 0 Å². The van der Waals surface area contributed by atoms with E-state index in [0.717, 1.165) is 35.2 Å². The van der Waals surface area contributed by atoms with E-state index < -0.39 is 48.0 Å². The summed E-state index contributed by atoms with van der Waals surface area (Å²) in [6, 6.07) is 12.2. The Morgan fingerprint density at radius 3 is 1.45 bits per heavy atom. The van der Waals surface area contributed by atoms with Gasteiger partial charge in [-0.1, -0.05) is 60.6 Å². The lowest BCUT2D eigenvalue weighted by molar-refractivity contribution is -0.136. The highest BCUT2D eigenvalue weighted by atomic mass is 19.1. The number of fused-ring (bicyclic) bond motifs is 2. The van der Waals surface area contributed by atoms with Crippen LogP contribution >= 0.6 is 0 Å². The lowest BCUT2D eigenvalue weighted by Crippen LogP contribution is -2.51. The van der Waals surface area contributed by atoms with Crippen LogP contribution in [0.25, 0.3) is 22.1 Å². The summed E-state index contributed by atoms with van der Waals surface area (Å²) in [5.74, 6) is -0.965. The molecule has 3 fully saturated rings. The topological polar surface area (TPSA) is 178 Å². The van der Waals surface area contributed by atoms with E-state index >= 15 is 8.78 Å². The highest BCUT2D eigenvalue weighted by Crippen LogP contribution is 2.49. The lowest BCUT2D eigenvalue weighted by Gasteiger charge is -2.34. The predicted octanol–water partition coefficient (Wildman–Crippen LogP) is 9.19. The third-order valence-electron chi connectivity index (χ3n) is 13.8. The Morgan fingerprint density at radius 1 is 0.657 bits per heavy atom. The smallest absolute Gasteiger partial charge is 0.407 e. The molecule has 3 aliphatic heterocycles. The fourth-order valence-corrected chi connectivity index (χ4v) is 10.3. The number of benzene rings is 3. The van der Waals surface area contributed by atoms with Gasteiger partial charge in [-0.2, -0.15) is 0 Å². The standard InChI is InChI=1S/C50H63F2N9O6/c1-26(2)40(57-48(64)66-8)46(62)59-20-10-12-38(59)44-53-34-24-28(22-32(51)42(34)55-44)36-18-19-37(61(36)31-16-14-30(15-17-31)50(5,6)7)29-23-33(52)43-35(25-29)54-45(56-43)39-13-11-21-60(39)47(63)41(27(3)4)58-49(65)67-9/h14-17,22-27,36-41H,10-13,18-21H2,1-9H3,(H,53,55)(H,54,56)(H,57,64)(H,58,65)/t36?,37?,38-,39-,40-,41-/m0/s1. The molecule has 4 N–H and O–H groups in total. The molecule has 15 nitrogen and oxygen atoms in total. The van der Waals surface area contributed by atoms with Gasteiger partial charge in [0.15, 0.2) is 11.6 Å². The molecule has 5 aromatic rings. The minimum absolute atomic E-state index is 0.0958. The molecule has 2 aromatic heterocycles. The molecule has 4 amide bonds. The van der Waals surface area contributed by atoms with Crippen LogP contribution in [0.2, 0.25) is 0 Å². The van der Waals surface area contributed by atoms with E-state index in [2.05, 4.69) is 70.5 Å². The van der Waals surface area contributed by atoms with E-state index in [1.165, 1.54) is 26.4 Å². The number of anilines is 1. The number of aromatic amines is 2. The average molecular weight is 924 g/mol. The van der Waals surface area contributed by atoms with Crippen molar-refractivity contribution in [2.24, 2.45) is 11.8 Å². The van der Waals surface area contributed by atoms with Crippen molar-refractivity contribution in [2.75, 3.05) is 32.2 Å². The van der Waals surface area contributed by atoms with Crippen molar-refractivity contribution >= 4 is 51.8 Å². The van der Waals surface area contributed by atoms with Gasteiger partial charge in [-0.3, -0.25) is 9.59 Å². The minimum atomic E-state index is -0.807. The molecule has 8 rings (SSSR count). The van der Waals surface area contributed by atoms with Crippen molar-refractivity contribution in [1.29, 1.82) is 0 Å². The van der Waals surface area contributed by atoms with Crippen molar-refractivity contribution in [1.82, 2.24) is 40.4 Å². The normalized spacial score (nSPS) is 20.9. The number of hydrogen-bond acceptors (Lipinski definition) is 9. The van der Waals surface area contributed by atoms with Gasteiger partial charge in [-0.25, -0.2) is 28.3 Å². The molecule has 0 saturated carbocycles. The Morgan fingerprint density at radius 2 is 1.07 bits per heavy atom. The monoisotopic (exact) mass is 923 g/mol. The van der Waals surface area contributed by atoms with E-state index in [4.69, 9.17) is 19.4 Å². The number of H-pyrrole nitrogens is 2. The van der Waals surface area contributed by atoms with Gasteiger partial charge < -0.3 is 44.8 Å². The van der Waals surface area contributed by atoms with Gasteiger partial charge in [-0.15, -0.1) is 0 Å². The number of carbonyl (C=O) groups is 4. The number of aromatic nitrogens is 4. The third-order valence-corrected chi connectivity index (χ3v) is 13.8. The van der Waals surface area contributed by atoms with Crippen LogP contribution < -0.4 is 15.5 Å². The SMILES string of the molecule is COC(=O)N[C@H](C(=O)N1CCC[C@H]1c1nc2c(F)cc(C3CCC(c4cc(F)c5nc([C@@H]6CCCN6C(=O)[C@@H](NC(=O)OC)C(C)C)[nH]c5c4)N3c3ccc(C(C)(C)C)cc3)cc2[nH]1)C(C)C. The average Bonchev–Trinajstić information content (AvgIpc) is 4.15. The van der Waals surface area contributed by atoms with Gasteiger partial charge in [0.1, 0.15) is 34.8 Å². The Kier molecular flexibility index (Phi) is 13.2. The zero-order chi connectivity index (χ0) is 48.1. The molecule has 0 spiro atoms. The van der Waals surface area contributed by atoms with Gasteiger partial charge in [-0.05, 0) is 109 Å². The number of nitrogens with zero attached hydrogens (tertiary/aromatic N) is 5. The molecular weight excluding hydrogens is 861 g/mol. The summed E-state index contributed by atoms with van der Waals surface area (Å²) < 4.78 is 42.5. The largest absolute Gasteiger partial charge is 0.453 e. The van der Waals surface area contributed by atoms with Crippen LogP contribution in [0, 0.1) is 23.5 Å². The molecule has 67 heavy (non-hydrogen) atoms. The molecule has 0 aliphatic carbocycles. The molecular formula is C50H63F2N9O6. The molecule has 0 bridgehead atoms. The number of carbonyl (C=O) groups excluding carboxylic acids is 4. The molecule has 5 heterocycles. The van der Waals surface area contributed by atoms with E-state index in [1.54, 1.807) is 9.80 Å². The first kappa shape index (κ1) is 47.2. The van der Waals surface area contributed by atoms with Gasteiger partial charge in [0, 0.05) is 18.8 Å². The maximum atomic E-state index is 16.4. The number of halogens is 2. The first-order valence-corrected chi connectivity index (χ1v) is 23.4. The molecule has 17 heteroatoms. The van der Waals surface area contributed by atoms with E-state index in [1.807, 2.05) is 39.8 Å². The summed E-state index contributed by atoms with van der Waals surface area (Å²) in [6.07, 6.45) is 2.57. The second kappa shape index (κ2) is 18.8. The molecule has 358 valence electrons. The molecule has 3 aromatic carbocycles. The van der Waals surface area contributed by atoms with E-state index in [0.29, 0.717) is 61.5 Å². The number of nitrogens with one attached hydrogen (secondary N) is 4. The number of likely N-dealkylation sites (tertiary alicyclic amines) is 2. The van der Waals surface area contributed by atoms with Crippen LogP contribution in [0.4, 0.5) is 24.1 Å². The Hall–Kier alpha value is -6.26. The molecule has 6 atom stereocenters. The van der Waals surface area contributed by atoms with Crippen LogP contribution in [0.5, 0.6) is 0 Å². The fourth-order valence-electron chi connectivity index (χ4n) is 10.3. The Bertz CT molecular complexity index is 2510. The van der Waals surface area contributed by atoms with Crippen molar-refractivity contribution < 1.29 is 37.4 Å². The second-order valence-corrected chi connectivity index (χ2v) is 19.9. The van der Waals surface area contributed by atoms with Crippen molar-refractivity contribution in [3.8, 4) is 0 Å². The van der Waals surface area contributed by atoms with Gasteiger partial charge in [0.05, 0.1) is 49.4 Å². The summed E-state index contributed by atoms with van der Waals surface area (Å²) in [6.45, 7) is 14.8. The highest BCUT2D eigenvalue weighted by molar-refractivity contribution is 5.88. The summed E-state index contributed by atoms with van der Waals surface area (Å²) >= 11 is 0. The lowest BCUT2D eigenvalue weighted by atomic mass is 9.87. The van der Waals surface area contributed by atoms with Crippen molar-refractivity contribution in [2.45, 2.75) is 129 Å². The number of hydrogen-bond donors (Lipinski definition) is 4. The maximum Gasteiger partial charge on any atom is 0.407 e. The molecule has 2 unspecified atom stereocenters. The summed E-state index contributed by atoms with van der Waals surface area (Å²) in [5, 5.41) is 5.35. The zero-order valence-electron chi connectivity index (χ0n) is 39.8. The predicted molar refractivity (Wildman–Crippen MR) is 250 cm³/mol. The van der Waals surface area contributed by atoms with Crippen LogP contribution in [0.3, 0.4) is 0 Å². The third kappa shape index (κ3) is 9.25. The van der Waals surface area contributed by atoms with Crippen LogP contribution in [0.1, 0.15) is 139 Å². The molecule has 3 saturated heterocycles. The molecule has 3 aliphatic rings. The zero-order valence-corrected chi connectivity index (χ0v) is 39.8. The summed E-state index contributed by atoms with van der Waals surface area (Å²) in [5.41, 5.74) is 4.75. The second-order valence-electron chi connectivity index (χ2n) is 19.9. The first-order chi connectivity index (χ1) is 31.9. The summed E-state index contributed by atoms with van der Waals surface area (Å²) in [4.78, 5) is 73.9. The number of imidazole rings is 2. The number of methoxy groups -OCH3 is 2. The fraction of sp³-hybridized carbons (Fsp3) is 0.520. The number of ether oxygens (including phenoxy) is 2. The number of rotatable bonds is 11. The minimum Gasteiger partial charge on any atom is -0.453 e. The van der Waals surface area contributed by atoms with Crippen LogP contribution in [-0.2, 0) is 24.5 Å². The van der Waals surface area contributed by atoms with Crippen LogP contribution in [-0.4, -0.2) is 93.1 Å². The van der Waals surface area contributed by atoms with E-state index in [-0.39, 0.29) is 52.2 Å². The van der Waals surface area contributed by atoms with Crippen molar-refractivity contribution in [3.05, 3.63) is 88.5 Å². The number of amides is 4.